The smallest absolute Gasteiger partial charge is 0.225 e. The molecular weight excluding hydrogens is 484 g/mol. The molecule has 1 saturated heterocycles. The van der Waals surface area contributed by atoms with E-state index in [9.17, 15) is 13.9 Å². The number of nitrogens with one attached hydrogen (secondary N) is 1. The highest BCUT2D eigenvalue weighted by molar-refractivity contribution is 9.10. The van der Waals surface area contributed by atoms with Crippen molar-refractivity contribution in [1.29, 1.82) is 0 Å². The van der Waals surface area contributed by atoms with Crippen molar-refractivity contribution < 1.29 is 13.9 Å². The summed E-state index contributed by atoms with van der Waals surface area (Å²) in [5, 5.41) is 19.1. The Kier molecular flexibility index (Phi) is 6.77. The van der Waals surface area contributed by atoms with Crippen LogP contribution in [0, 0.1) is 11.6 Å². The van der Waals surface area contributed by atoms with Crippen LogP contribution in [0.2, 0.25) is 0 Å². The average molecular weight is 508 g/mol. The van der Waals surface area contributed by atoms with E-state index in [0.29, 0.717) is 5.95 Å². The van der Waals surface area contributed by atoms with Crippen LogP contribution in [0.3, 0.4) is 0 Å². The van der Waals surface area contributed by atoms with Gasteiger partial charge in [-0.25, -0.2) is 28.4 Å². The molecule has 2 atom stereocenters. The van der Waals surface area contributed by atoms with E-state index in [1.165, 1.54) is 23.4 Å². The third-order valence-corrected chi connectivity index (χ3v) is 6.26. The Morgan fingerprint density at radius 3 is 2.59 bits per heavy atom. The van der Waals surface area contributed by atoms with Crippen LogP contribution in [0.15, 0.2) is 47.7 Å². The Bertz CT molecular complexity index is 1030. The summed E-state index contributed by atoms with van der Waals surface area (Å²) in [4.78, 5) is 14.7. The lowest BCUT2D eigenvalue weighted by atomic mass is 9.85. The van der Waals surface area contributed by atoms with Gasteiger partial charge in [-0.05, 0) is 41.8 Å². The molecule has 0 aliphatic carbocycles. The zero-order valence-electron chi connectivity index (χ0n) is 17.5. The van der Waals surface area contributed by atoms with Gasteiger partial charge in [-0.1, -0.05) is 6.07 Å². The predicted octanol–water partition coefficient (Wildman–Crippen LogP) is 2.64. The van der Waals surface area contributed by atoms with E-state index in [2.05, 4.69) is 46.2 Å². The van der Waals surface area contributed by atoms with Crippen molar-refractivity contribution in [3.63, 3.8) is 0 Å². The van der Waals surface area contributed by atoms with Gasteiger partial charge in [0.2, 0.25) is 5.95 Å². The second-order valence-electron chi connectivity index (χ2n) is 7.99. The molecule has 11 heteroatoms. The van der Waals surface area contributed by atoms with E-state index in [-0.39, 0.29) is 18.2 Å². The van der Waals surface area contributed by atoms with Gasteiger partial charge in [-0.3, -0.25) is 0 Å². The molecule has 4 rings (SSSR count). The van der Waals surface area contributed by atoms with Crippen molar-refractivity contribution in [2.45, 2.75) is 44.0 Å². The lowest BCUT2D eigenvalue weighted by Gasteiger charge is -2.40. The van der Waals surface area contributed by atoms with Gasteiger partial charge in [0, 0.05) is 49.2 Å². The molecule has 3 heterocycles. The van der Waals surface area contributed by atoms with Gasteiger partial charge in [0.25, 0.3) is 0 Å². The second kappa shape index (κ2) is 9.55. The number of hydrogen-bond acceptors (Lipinski definition) is 7. The molecule has 0 spiro atoms. The van der Waals surface area contributed by atoms with Crippen molar-refractivity contribution >= 4 is 21.9 Å². The topological polar surface area (TPSA) is 92.0 Å². The molecule has 1 aliphatic heterocycles. The summed E-state index contributed by atoms with van der Waals surface area (Å²) < 4.78 is 30.5. The van der Waals surface area contributed by atoms with Crippen LogP contribution in [0.25, 0.3) is 0 Å². The van der Waals surface area contributed by atoms with Gasteiger partial charge < -0.3 is 15.3 Å². The predicted molar refractivity (Wildman–Crippen MR) is 118 cm³/mol. The third kappa shape index (κ3) is 4.94. The summed E-state index contributed by atoms with van der Waals surface area (Å²) in [6.07, 6.45) is 7.84. The first-order valence-electron chi connectivity index (χ1n) is 10.3. The molecular formula is C21H24BrF2N7O. The summed E-state index contributed by atoms with van der Waals surface area (Å²) in [5.41, 5.74) is -1.66. The van der Waals surface area contributed by atoms with Crippen LogP contribution < -0.4 is 10.2 Å². The van der Waals surface area contributed by atoms with Crippen molar-refractivity contribution in [2.75, 3.05) is 18.0 Å². The first-order chi connectivity index (χ1) is 15.3. The number of piperidine rings is 1. The van der Waals surface area contributed by atoms with Crippen LogP contribution in [-0.4, -0.2) is 55.0 Å². The Balaban J connectivity index is 1.48. The first kappa shape index (κ1) is 22.7. The van der Waals surface area contributed by atoms with Crippen LogP contribution in [0.1, 0.15) is 25.3 Å². The van der Waals surface area contributed by atoms with Crippen LogP contribution in [-0.2, 0) is 12.1 Å². The van der Waals surface area contributed by atoms with Crippen LogP contribution in [0.5, 0.6) is 0 Å². The maximum absolute atomic E-state index is 14.7. The molecule has 0 radical (unpaired) electrons. The lowest BCUT2D eigenvalue weighted by Crippen LogP contribution is -2.55. The summed E-state index contributed by atoms with van der Waals surface area (Å²) in [6, 6.07) is 2.77. The van der Waals surface area contributed by atoms with Gasteiger partial charge in [-0.2, -0.15) is 5.10 Å². The summed E-state index contributed by atoms with van der Waals surface area (Å²) in [7, 11) is 0. The SMILES string of the molecule is C[C@@H](NC1CCN(c2ncc(Br)cn2)CC1)[C@](O)(Cn1cncn1)c1ccc(F)cc1F. The van der Waals surface area contributed by atoms with Gasteiger partial charge >= 0.3 is 0 Å². The van der Waals surface area contributed by atoms with Crippen molar-refractivity contribution in [3.05, 3.63) is 64.9 Å². The Morgan fingerprint density at radius 2 is 1.97 bits per heavy atom. The summed E-state index contributed by atoms with van der Waals surface area (Å²) >= 11 is 3.34. The van der Waals surface area contributed by atoms with E-state index in [0.717, 1.165) is 42.5 Å². The molecule has 32 heavy (non-hydrogen) atoms. The normalized spacial score (nSPS) is 17.8. The molecule has 3 aromatic rings. The molecule has 0 saturated carbocycles. The quantitative estimate of drug-likeness (QED) is 0.507. The third-order valence-electron chi connectivity index (χ3n) is 5.85. The van der Waals surface area contributed by atoms with Crippen LogP contribution in [0.4, 0.5) is 14.7 Å². The number of aromatic nitrogens is 5. The van der Waals surface area contributed by atoms with Gasteiger partial charge in [0.1, 0.15) is 29.9 Å². The Morgan fingerprint density at radius 1 is 1.25 bits per heavy atom. The van der Waals surface area contributed by atoms with Crippen LogP contribution >= 0.6 is 15.9 Å². The highest BCUT2D eigenvalue weighted by Crippen LogP contribution is 2.31. The molecule has 0 amide bonds. The van der Waals surface area contributed by atoms with E-state index in [1.807, 2.05) is 0 Å². The number of halogens is 3. The first-order valence-corrected chi connectivity index (χ1v) is 11.1. The number of benzene rings is 1. The van der Waals surface area contributed by atoms with Crippen molar-refractivity contribution in [2.24, 2.45) is 0 Å². The minimum atomic E-state index is -1.67. The number of aliphatic hydroxyl groups is 1. The van der Waals surface area contributed by atoms with E-state index in [1.54, 1.807) is 19.3 Å². The van der Waals surface area contributed by atoms with Crippen molar-refractivity contribution in [3.8, 4) is 0 Å². The molecule has 1 aromatic carbocycles. The monoisotopic (exact) mass is 507 g/mol. The van der Waals surface area contributed by atoms with Crippen molar-refractivity contribution in [1.82, 2.24) is 30.0 Å². The fourth-order valence-corrected chi connectivity index (χ4v) is 4.27. The average Bonchev–Trinajstić information content (AvgIpc) is 3.27. The summed E-state index contributed by atoms with van der Waals surface area (Å²) in [5.74, 6) is -0.822. The summed E-state index contributed by atoms with van der Waals surface area (Å²) in [6.45, 7) is 3.26. The number of nitrogens with zero attached hydrogens (tertiary/aromatic N) is 6. The largest absolute Gasteiger partial charge is 0.381 e. The van der Waals surface area contributed by atoms with Gasteiger partial charge in [0.15, 0.2) is 0 Å². The maximum Gasteiger partial charge on any atom is 0.225 e. The minimum Gasteiger partial charge on any atom is -0.381 e. The minimum absolute atomic E-state index is 0.00935. The van der Waals surface area contributed by atoms with E-state index in [4.69, 9.17) is 0 Å². The molecule has 2 aromatic heterocycles. The number of rotatable bonds is 7. The lowest BCUT2D eigenvalue weighted by molar-refractivity contribution is -0.0242. The Labute approximate surface area is 192 Å². The fourth-order valence-electron chi connectivity index (χ4n) is 4.06. The molecule has 170 valence electrons. The molecule has 1 fully saturated rings. The van der Waals surface area contributed by atoms with Gasteiger partial charge in [-0.15, -0.1) is 0 Å². The van der Waals surface area contributed by atoms with Gasteiger partial charge in [0.05, 0.1) is 11.0 Å². The Hall–Kier alpha value is -2.50. The fraction of sp³-hybridized carbons (Fsp3) is 0.429. The molecule has 1 aliphatic rings. The highest BCUT2D eigenvalue weighted by Gasteiger charge is 2.40. The molecule has 2 N–H and O–H groups in total. The zero-order valence-corrected chi connectivity index (χ0v) is 19.1. The van der Waals surface area contributed by atoms with E-state index >= 15 is 0 Å². The molecule has 0 bridgehead atoms. The molecule has 0 unspecified atom stereocenters. The number of hydrogen-bond donors (Lipinski definition) is 2. The highest BCUT2D eigenvalue weighted by atomic mass is 79.9. The standard InChI is InChI=1S/C21H24BrF2N7O/c1-14(29-17-4-6-30(7-5-17)20-26-9-15(22)10-27-20)21(32,11-31-13-25-12-28-31)18-3-2-16(23)8-19(18)24/h2-3,8-10,12-14,17,29,32H,4-7,11H2,1H3/t14-,21-/m1/s1. The number of anilines is 1. The maximum atomic E-state index is 14.7. The molecule has 8 nitrogen and oxygen atoms in total. The second-order valence-corrected chi connectivity index (χ2v) is 8.91. The zero-order chi connectivity index (χ0) is 22.7. The van der Waals surface area contributed by atoms with E-state index < -0.39 is 23.3 Å².